The van der Waals surface area contributed by atoms with Crippen LogP contribution in [-0.2, 0) is 11.2 Å². The summed E-state index contributed by atoms with van der Waals surface area (Å²) in [6.45, 7) is 6.34. The van der Waals surface area contributed by atoms with Crippen LogP contribution in [0.1, 0.15) is 73.5 Å². The molecule has 0 unspecified atom stereocenters. The van der Waals surface area contributed by atoms with E-state index < -0.39 is 5.97 Å². The van der Waals surface area contributed by atoms with E-state index >= 15 is 0 Å². The van der Waals surface area contributed by atoms with Crippen molar-refractivity contribution in [3.05, 3.63) is 59.2 Å². The Kier molecular flexibility index (Phi) is 11.9. The van der Waals surface area contributed by atoms with Crippen molar-refractivity contribution >= 4 is 17.6 Å². The minimum absolute atomic E-state index is 0. The van der Waals surface area contributed by atoms with Gasteiger partial charge in [0.2, 0.25) is 5.91 Å². The number of hydrogen-bond acceptors (Lipinski definition) is 5. The number of nitrogens with zero attached hydrogens (tertiary/aromatic N) is 1. The van der Waals surface area contributed by atoms with Crippen LogP contribution in [0.2, 0.25) is 0 Å². The summed E-state index contributed by atoms with van der Waals surface area (Å²) in [5, 5.41) is 14.5. The second-order valence-corrected chi connectivity index (χ2v) is 8.24. The van der Waals surface area contributed by atoms with Crippen molar-refractivity contribution in [1.29, 1.82) is 0 Å². The summed E-state index contributed by atoms with van der Waals surface area (Å²) in [4.78, 5) is 26.7. The molecule has 0 spiro atoms. The molecular formula is C26H33KN2O4. The molecule has 6 nitrogen and oxygen atoms in total. The van der Waals surface area contributed by atoms with Gasteiger partial charge >= 0.3 is 51.4 Å². The van der Waals surface area contributed by atoms with Gasteiger partial charge in [0, 0.05) is 24.3 Å². The Balaban J connectivity index is 0.00000385. The number of para-hydroxylation sites is 1. The smallest absolute Gasteiger partial charge is 0.545 e. The largest absolute Gasteiger partial charge is 1.00 e. The Bertz CT molecular complexity index is 928. The fourth-order valence-corrected chi connectivity index (χ4v) is 4.35. The van der Waals surface area contributed by atoms with E-state index in [2.05, 4.69) is 35.3 Å². The van der Waals surface area contributed by atoms with E-state index in [1.165, 1.54) is 31.0 Å². The van der Waals surface area contributed by atoms with Crippen LogP contribution in [0.5, 0.6) is 5.75 Å². The Morgan fingerprint density at radius 2 is 1.82 bits per heavy atom. The van der Waals surface area contributed by atoms with Crippen LogP contribution in [0, 0.1) is 0 Å². The number of rotatable bonds is 10. The van der Waals surface area contributed by atoms with E-state index in [9.17, 15) is 14.7 Å². The predicted molar refractivity (Wildman–Crippen MR) is 124 cm³/mol. The molecule has 1 heterocycles. The number of anilines is 1. The number of carbonyl (C=O) groups excluding carboxylic acids is 2. The van der Waals surface area contributed by atoms with Crippen molar-refractivity contribution in [1.82, 2.24) is 5.32 Å². The van der Waals surface area contributed by atoms with E-state index in [1.807, 2.05) is 6.07 Å². The van der Waals surface area contributed by atoms with Crippen molar-refractivity contribution in [2.24, 2.45) is 0 Å². The number of amides is 1. The van der Waals surface area contributed by atoms with Gasteiger partial charge in [0.05, 0.1) is 25.0 Å². The van der Waals surface area contributed by atoms with Crippen LogP contribution >= 0.6 is 0 Å². The van der Waals surface area contributed by atoms with Gasteiger partial charge in [-0.2, -0.15) is 0 Å². The number of aromatic carboxylic acids is 1. The quantitative estimate of drug-likeness (QED) is 0.509. The zero-order chi connectivity index (χ0) is 22.9. The monoisotopic (exact) mass is 476 g/mol. The number of piperidine rings is 1. The third-order valence-electron chi connectivity index (χ3n) is 5.85. The van der Waals surface area contributed by atoms with E-state index in [0.717, 1.165) is 31.5 Å². The molecule has 1 fully saturated rings. The number of ether oxygens (including phenoxy) is 1. The summed E-state index contributed by atoms with van der Waals surface area (Å²) in [5.41, 5.74) is 3.07. The van der Waals surface area contributed by atoms with Crippen LogP contribution in [0.25, 0.3) is 0 Å². The first kappa shape index (κ1) is 27.9. The SMILES string of the molecule is CCC[C@H](NC(=O)Cc1ccc(C(=O)[O-])c(OCC)c1)c1ccccc1N1CCCCC1.[K+]. The van der Waals surface area contributed by atoms with Gasteiger partial charge < -0.3 is 24.9 Å². The third-order valence-corrected chi connectivity index (χ3v) is 5.85. The minimum Gasteiger partial charge on any atom is -0.545 e. The molecule has 33 heavy (non-hydrogen) atoms. The van der Waals surface area contributed by atoms with Crippen molar-refractivity contribution in [3.8, 4) is 5.75 Å². The molecule has 1 aliphatic rings. The summed E-state index contributed by atoms with van der Waals surface area (Å²) in [5.74, 6) is -1.15. The average Bonchev–Trinajstić information content (AvgIpc) is 2.79. The average molecular weight is 477 g/mol. The van der Waals surface area contributed by atoms with Gasteiger partial charge in [-0.25, -0.2) is 0 Å². The molecule has 1 atom stereocenters. The number of nitrogens with one attached hydrogen (secondary N) is 1. The second kappa shape index (κ2) is 14.1. The Labute approximate surface area is 239 Å². The number of hydrogen-bond donors (Lipinski definition) is 1. The van der Waals surface area contributed by atoms with E-state index in [4.69, 9.17) is 4.74 Å². The van der Waals surface area contributed by atoms with Crippen LogP contribution in [-0.4, -0.2) is 31.6 Å². The summed E-state index contributed by atoms with van der Waals surface area (Å²) >= 11 is 0. The van der Waals surface area contributed by atoms with E-state index in [0.29, 0.717) is 12.2 Å². The Morgan fingerprint density at radius 1 is 1.09 bits per heavy atom. The minimum atomic E-state index is -1.29. The molecular weight excluding hydrogens is 443 g/mol. The van der Waals surface area contributed by atoms with E-state index in [1.54, 1.807) is 19.1 Å². The zero-order valence-corrected chi connectivity index (χ0v) is 23.2. The van der Waals surface area contributed by atoms with Crippen LogP contribution in [0.3, 0.4) is 0 Å². The van der Waals surface area contributed by atoms with Crippen LogP contribution < -0.4 is 71.4 Å². The zero-order valence-electron chi connectivity index (χ0n) is 20.1. The van der Waals surface area contributed by atoms with Crippen LogP contribution in [0.15, 0.2) is 42.5 Å². The van der Waals surface area contributed by atoms with Gasteiger partial charge in [0.25, 0.3) is 0 Å². The molecule has 2 aromatic carbocycles. The van der Waals surface area contributed by atoms with Crippen molar-refractivity contribution in [3.63, 3.8) is 0 Å². The van der Waals surface area contributed by atoms with E-state index in [-0.39, 0.29) is 81.1 Å². The standard InChI is InChI=1S/C26H34N2O4.K/c1-3-10-22(20-11-6-7-12-23(20)28-15-8-5-9-16-28)27-25(29)18-19-13-14-21(26(30)31)24(17-19)32-4-2;/h6-7,11-14,17,22H,3-5,8-10,15-16,18H2,1-2H3,(H,27,29)(H,30,31);/q;+1/p-1/t22-;/m0./s1. The van der Waals surface area contributed by atoms with Gasteiger partial charge in [0.15, 0.2) is 0 Å². The normalized spacial score (nSPS) is 14.2. The van der Waals surface area contributed by atoms with Crippen molar-refractivity contribution in [2.75, 3.05) is 24.6 Å². The van der Waals surface area contributed by atoms with Gasteiger partial charge in [-0.3, -0.25) is 4.79 Å². The fourth-order valence-electron chi connectivity index (χ4n) is 4.35. The Hall–Kier alpha value is -1.38. The molecule has 172 valence electrons. The summed E-state index contributed by atoms with van der Waals surface area (Å²) < 4.78 is 5.43. The van der Waals surface area contributed by atoms with Gasteiger partial charge in [0.1, 0.15) is 5.75 Å². The molecule has 0 bridgehead atoms. The number of carboxylic acids is 1. The van der Waals surface area contributed by atoms with Gasteiger partial charge in [-0.1, -0.05) is 37.6 Å². The molecule has 1 amide bonds. The first-order valence-electron chi connectivity index (χ1n) is 11.6. The molecule has 0 aromatic heterocycles. The maximum atomic E-state index is 13.0. The predicted octanol–water partition coefficient (Wildman–Crippen LogP) is 0.643. The summed E-state index contributed by atoms with van der Waals surface area (Å²) in [7, 11) is 0. The second-order valence-electron chi connectivity index (χ2n) is 8.24. The molecule has 0 aliphatic carbocycles. The van der Waals surface area contributed by atoms with Gasteiger partial charge in [-0.05, 0) is 61.9 Å². The summed E-state index contributed by atoms with van der Waals surface area (Å²) in [6.07, 6.45) is 5.62. The number of carbonyl (C=O) groups is 2. The van der Waals surface area contributed by atoms with Crippen LogP contribution in [0.4, 0.5) is 5.69 Å². The van der Waals surface area contributed by atoms with Gasteiger partial charge in [-0.15, -0.1) is 0 Å². The molecule has 3 rings (SSSR count). The maximum absolute atomic E-state index is 13.0. The molecule has 1 N–H and O–H groups in total. The Morgan fingerprint density at radius 3 is 2.48 bits per heavy atom. The molecule has 7 heteroatoms. The topological polar surface area (TPSA) is 81.7 Å². The molecule has 0 radical (unpaired) electrons. The first-order valence-corrected chi connectivity index (χ1v) is 11.6. The summed E-state index contributed by atoms with van der Waals surface area (Å²) in [6, 6.07) is 13.0. The number of carboxylic acid groups (broad SMARTS) is 1. The van der Waals surface area contributed by atoms with Crippen molar-refractivity contribution < 1.29 is 70.8 Å². The molecule has 1 saturated heterocycles. The third kappa shape index (κ3) is 7.82. The first-order chi connectivity index (χ1) is 15.5. The number of benzene rings is 2. The maximum Gasteiger partial charge on any atom is 1.00 e. The fraction of sp³-hybridized carbons (Fsp3) is 0.462. The molecule has 1 aliphatic heterocycles. The molecule has 2 aromatic rings. The van der Waals surface area contributed by atoms with Crippen molar-refractivity contribution in [2.45, 2.75) is 58.4 Å². The molecule has 0 saturated carbocycles.